The van der Waals surface area contributed by atoms with Crippen molar-refractivity contribution in [2.24, 2.45) is 5.92 Å². The summed E-state index contributed by atoms with van der Waals surface area (Å²) in [5.41, 5.74) is -0.132. The molecule has 0 amide bonds. The molecule has 2 unspecified atom stereocenters. The first-order valence-corrected chi connectivity index (χ1v) is 7.96. The Bertz CT molecular complexity index is 203. The molecule has 0 saturated heterocycles. The minimum Gasteiger partial charge on any atom is -0.394 e. The van der Waals surface area contributed by atoms with E-state index in [1.54, 1.807) is 0 Å². The number of hydrogen-bond donors (Lipinski definition) is 2. The normalized spacial score (nSPS) is 16.6. The van der Waals surface area contributed by atoms with Crippen LogP contribution in [-0.2, 0) is 4.74 Å². The van der Waals surface area contributed by atoms with E-state index in [-0.39, 0.29) is 12.1 Å². The molecule has 0 fully saturated rings. The van der Waals surface area contributed by atoms with Crippen LogP contribution in [0.3, 0.4) is 0 Å². The lowest BCUT2D eigenvalue weighted by Crippen LogP contribution is -2.51. The summed E-state index contributed by atoms with van der Waals surface area (Å²) in [5, 5.41) is 13.1. The summed E-state index contributed by atoms with van der Waals surface area (Å²) < 4.78 is 5.73. The lowest BCUT2D eigenvalue weighted by atomic mass is 9.90. The molecule has 19 heavy (non-hydrogen) atoms. The van der Waals surface area contributed by atoms with Gasteiger partial charge in [0.25, 0.3) is 0 Å². The summed E-state index contributed by atoms with van der Waals surface area (Å²) in [6.07, 6.45) is 5.40. The zero-order chi connectivity index (χ0) is 14.7. The third-order valence-electron chi connectivity index (χ3n) is 3.70. The number of aliphatic hydroxyl groups is 1. The summed E-state index contributed by atoms with van der Waals surface area (Å²) in [4.78, 5) is 0. The van der Waals surface area contributed by atoms with Crippen LogP contribution in [0, 0.1) is 5.92 Å². The van der Waals surface area contributed by atoms with E-state index < -0.39 is 0 Å². The largest absolute Gasteiger partial charge is 0.394 e. The molecule has 3 heteroatoms. The topological polar surface area (TPSA) is 41.5 Å². The summed E-state index contributed by atoms with van der Waals surface area (Å²) in [6.45, 7) is 12.7. The molecule has 0 saturated carbocycles. The molecule has 0 aliphatic heterocycles. The van der Waals surface area contributed by atoms with Crippen LogP contribution in [0.1, 0.15) is 66.7 Å². The van der Waals surface area contributed by atoms with Crippen molar-refractivity contribution >= 4 is 0 Å². The highest BCUT2D eigenvalue weighted by Gasteiger charge is 2.27. The van der Waals surface area contributed by atoms with Crippen molar-refractivity contribution in [2.75, 3.05) is 19.8 Å². The molecule has 2 N–H and O–H groups in total. The molecule has 0 aromatic carbocycles. The fourth-order valence-corrected chi connectivity index (χ4v) is 2.57. The van der Waals surface area contributed by atoms with Crippen LogP contribution in [-0.4, -0.2) is 36.5 Å². The second-order valence-corrected chi connectivity index (χ2v) is 6.16. The molecule has 0 rings (SSSR count). The van der Waals surface area contributed by atoms with E-state index in [1.165, 1.54) is 12.8 Å². The van der Waals surface area contributed by atoms with E-state index >= 15 is 0 Å². The molecule has 0 spiro atoms. The highest BCUT2D eigenvalue weighted by molar-refractivity contribution is 4.87. The van der Waals surface area contributed by atoms with Gasteiger partial charge in [-0.2, -0.15) is 0 Å². The second kappa shape index (κ2) is 10.6. The fourth-order valence-electron chi connectivity index (χ4n) is 2.57. The van der Waals surface area contributed by atoms with Gasteiger partial charge in [0.1, 0.15) is 0 Å². The maximum absolute atomic E-state index is 9.64. The van der Waals surface area contributed by atoms with Crippen LogP contribution in [0.25, 0.3) is 0 Å². The van der Waals surface area contributed by atoms with Gasteiger partial charge in [0.05, 0.1) is 6.61 Å². The highest BCUT2D eigenvalue weighted by Crippen LogP contribution is 2.18. The van der Waals surface area contributed by atoms with Crippen molar-refractivity contribution in [3.8, 4) is 0 Å². The Kier molecular flexibility index (Phi) is 10.6. The Morgan fingerprint density at radius 1 is 1.21 bits per heavy atom. The van der Waals surface area contributed by atoms with Crippen LogP contribution < -0.4 is 5.32 Å². The van der Waals surface area contributed by atoms with Crippen molar-refractivity contribution in [1.82, 2.24) is 5.32 Å². The lowest BCUT2D eigenvalue weighted by molar-refractivity contribution is 0.0808. The lowest BCUT2D eigenvalue weighted by Gasteiger charge is -2.34. The molecular formula is C16H35NO2. The Labute approximate surface area is 120 Å². The average Bonchev–Trinajstić information content (AvgIpc) is 2.37. The second-order valence-electron chi connectivity index (χ2n) is 6.16. The van der Waals surface area contributed by atoms with Crippen molar-refractivity contribution < 1.29 is 9.84 Å². The van der Waals surface area contributed by atoms with Crippen LogP contribution >= 0.6 is 0 Å². The zero-order valence-electron chi connectivity index (χ0n) is 13.7. The van der Waals surface area contributed by atoms with Gasteiger partial charge in [-0.15, -0.1) is 0 Å². The Morgan fingerprint density at radius 2 is 1.89 bits per heavy atom. The van der Waals surface area contributed by atoms with E-state index in [0.29, 0.717) is 12.0 Å². The van der Waals surface area contributed by atoms with E-state index in [9.17, 15) is 5.11 Å². The van der Waals surface area contributed by atoms with Crippen LogP contribution in [0.5, 0.6) is 0 Å². The van der Waals surface area contributed by atoms with Gasteiger partial charge in [0.15, 0.2) is 0 Å². The maximum Gasteiger partial charge on any atom is 0.0613 e. The predicted octanol–water partition coefficient (Wildman–Crippen LogP) is 3.36. The van der Waals surface area contributed by atoms with Crippen molar-refractivity contribution in [3.63, 3.8) is 0 Å². The van der Waals surface area contributed by atoms with Crippen molar-refractivity contribution in [2.45, 2.75) is 78.3 Å². The molecule has 0 aromatic heterocycles. The summed E-state index contributed by atoms with van der Waals surface area (Å²) in [5.74, 6) is 0.660. The number of hydrogen-bond acceptors (Lipinski definition) is 3. The van der Waals surface area contributed by atoms with E-state index in [2.05, 4.69) is 39.9 Å². The van der Waals surface area contributed by atoms with Gasteiger partial charge in [-0.05, 0) is 31.6 Å². The summed E-state index contributed by atoms with van der Waals surface area (Å²) >= 11 is 0. The van der Waals surface area contributed by atoms with E-state index in [0.717, 1.165) is 32.5 Å². The molecule has 0 bridgehead atoms. The number of nitrogens with one attached hydrogen (secondary N) is 1. The van der Waals surface area contributed by atoms with Gasteiger partial charge >= 0.3 is 0 Å². The number of aliphatic hydroxyl groups excluding tert-OH is 1. The SMILES string of the molecule is CCCC(C)COCCCC(CC)(CO)NC(C)C. The van der Waals surface area contributed by atoms with E-state index in [1.807, 2.05) is 0 Å². The minimum atomic E-state index is -0.132. The van der Waals surface area contributed by atoms with Crippen LogP contribution in [0.4, 0.5) is 0 Å². The Morgan fingerprint density at radius 3 is 2.37 bits per heavy atom. The monoisotopic (exact) mass is 273 g/mol. The van der Waals surface area contributed by atoms with Crippen molar-refractivity contribution in [3.05, 3.63) is 0 Å². The van der Waals surface area contributed by atoms with Gasteiger partial charge in [-0.1, -0.05) is 41.0 Å². The molecular weight excluding hydrogens is 238 g/mol. The number of ether oxygens (including phenoxy) is 1. The molecule has 0 aliphatic carbocycles. The number of rotatable bonds is 12. The van der Waals surface area contributed by atoms with Gasteiger partial charge in [-0.25, -0.2) is 0 Å². The van der Waals surface area contributed by atoms with Crippen molar-refractivity contribution in [1.29, 1.82) is 0 Å². The molecule has 2 atom stereocenters. The molecule has 0 heterocycles. The van der Waals surface area contributed by atoms with Gasteiger partial charge in [0.2, 0.25) is 0 Å². The summed E-state index contributed by atoms with van der Waals surface area (Å²) in [7, 11) is 0. The molecule has 0 radical (unpaired) electrons. The third kappa shape index (κ3) is 8.61. The minimum absolute atomic E-state index is 0.132. The van der Waals surface area contributed by atoms with Gasteiger partial charge < -0.3 is 15.2 Å². The van der Waals surface area contributed by atoms with Crippen LogP contribution in [0.2, 0.25) is 0 Å². The van der Waals surface area contributed by atoms with Gasteiger partial charge in [-0.3, -0.25) is 0 Å². The highest BCUT2D eigenvalue weighted by atomic mass is 16.5. The van der Waals surface area contributed by atoms with Crippen LogP contribution in [0.15, 0.2) is 0 Å². The quantitative estimate of drug-likeness (QED) is 0.536. The molecule has 0 aromatic rings. The maximum atomic E-state index is 9.64. The first-order valence-electron chi connectivity index (χ1n) is 7.96. The molecule has 116 valence electrons. The Hall–Kier alpha value is -0.120. The predicted molar refractivity (Wildman–Crippen MR) is 82.5 cm³/mol. The zero-order valence-corrected chi connectivity index (χ0v) is 13.7. The average molecular weight is 273 g/mol. The first kappa shape index (κ1) is 18.9. The molecule has 0 aliphatic rings. The standard InChI is InChI=1S/C16H35NO2/c1-6-9-15(5)12-19-11-8-10-16(7-2,13-18)17-14(3)4/h14-15,17-18H,6-13H2,1-5H3. The van der Waals surface area contributed by atoms with E-state index in [4.69, 9.17) is 4.74 Å². The third-order valence-corrected chi connectivity index (χ3v) is 3.70. The van der Waals surface area contributed by atoms with Gasteiger partial charge in [0, 0.05) is 24.8 Å². The smallest absolute Gasteiger partial charge is 0.0613 e. The summed E-state index contributed by atoms with van der Waals surface area (Å²) in [6, 6.07) is 0.401. The Balaban J connectivity index is 3.87. The molecule has 3 nitrogen and oxygen atoms in total. The first-order chi connectivity index (χ1) is 8.99. The fraction of sp³-hybridized carbons (Fsp3) is 1.00.